The molecule has 3 N–H and O–H groups in total. The lowest BCUT2D eigenvalue weighted by molar-refractivity contribution is -0.123. The number of carbonyl (C=O) groups excluding carboxylic acids is 1. The molecular formula is C13H20N2OS. The van der Waals surface area contributed by atoms with Crippen LogP contribution in [0.1, 0.15) is 18.9 Å². The molecule has 0 saturated heterocycles. The number of aryl methyl sites for hydroxylation is 1. The molecule has 4 heteroatoms. The number of hydrogen-bond acceptors (Lipinski definition) is 3. The predicted molar refractivity (Wildman–Crippen MR) is 73.2 cm³/mol. The van der Waals surface area contributed by atoms with Gasteiger partial charge in [0.05, 0.1) is 5.54 Å². The van der Waals surface area contributed by atoms with Gasteiger partial charge in [-0.2, -0.15) is 0 Å². The van der Waals surface area contributed by atoms with Crippen LogP contribution in [0.4, 0.5) is 0 Å². The maximum absolute atomic E-state index is 11.3. The quantitative estimate of drug-likeness (QED) is 0.761. The summed E-state index contributed by atoms with van der Waals surface area (Å²) < 4.78 is 0. The fourth-order valence-electron chi connectivity index (χ4n) is 1.38. The van der Waals surface area contributed by atoms with Crippen molar-refractivity contribution in [2.24, 2.45) is 5.73 Å². The lowest BCUT2D eigenvalue weighted by Gasteiger charge is -2.25. The summed E-state index contributed by atoms with van der Waals surface area (Å²) in [4.78, 5) is 12.5. The van der Waals surface area contributed by atoms with Gasteiger partial charge in [-0.25, -0.2) is 0 Å². The Bertz CT molecular complexity index is 378. The Morgan fingerprint density at radius 1 is 1.41 bits per heavy atom. The lowest BCUT2D eigenvalue weighted by atomic mass is 9.99. The lowest BCUT2D eigenvalue weighted by Crippen LogP contribution is -2.51. The molecule has 0 aliphatic rings. The van der Waals surface area contributed by atoms with Crippen molar-refractivity contribution in [1.82, 2.24) is 5.32 Å². The van der Waals surface area contributed by atoms with E-state index in [1.54, 1.807) is 18.8 Å². The molecule has 1 unspecified atom stereocenters. The van der Waals surface area contributed by atoms with Crippen molar-refractivity contribution in [2.45, 2.75) is 30.7 Å². The van der Waals surface area contributed by atoms with E-state index >= 15 is 0 Å². The van der Waals surface area contributed by atoms with Crippen molar-refractivity contribution in [1.29, 1.82) is 0 Å². The van der Waals surface area contributed by atoms with Crippen LogP contribution in [0, 0.1) is 6.92 Å². The molecule has 0 fully saturated rings. The van der Waals surface area contributed by atoms with Crippen molar-refractivity contribution in [3.05, 3.63) is 29.8 Å². The molecule has 0 aliphatic carbocycles. The van der Waals surface area contributed by atoms with Gasteiger partial charge in [0.15, 0.2) is 0 Å². The Balaban J connectivity index is 2.47. The monoisotopic (exact) mass is 252 g/mol. The Labute approximate surface area is 107 Å². The first-order chi connectivity index (χ1) is 7.98. The number of rotatable bonds is 6. The van der Waals surface area contributed by atoms with Crippen LogP contribution in [0.5, 0.6) is 0 Å². The summed E-state index contributed by atoms with van der Waals surface area (Å²) in [6.45, 7) is 3.91. The van der Waals surface area contributed by atoms with Crippen LogP contribution in [0.2, 0.25) is 0 Å². The van der Waals surface area contributed by atoms with Crippen molar-refractivity contribution in [3.8, 4) is 0 Å². The third-order valence-corrected chi connectivity index (χ3v) is 4.00. The van der Waals surface area contributed by atoms with Gasteiger partial charge in [0.25, 0.3) is 0 Å². The summed E-state index contributed by atoms with van der Waals surface area (Å²) in [6.07, 6.45) is 0.720. The van der Waals surface area contributed by atoms with Gasteiger partial charge in [0, 0.05) is 10.6 Å². The van der Waals surface area contributed by atoms with E-state index < -0.39 is 5.54 Å². The topological polar surface area (TPSA) is 55.1 Å². The second-order valence-electron chi connectivity index (χ2n) is 4.36. The van der Waals surface area contributed by atoms with Crippen LogP contribution in [-0.2, 0) is 4.79 Å². The number of thioether (sulfide) groups is 1. The smallest absolute Gasteiger partial charge is 0.237 e. The third kappa shape index (κ3) is 4.06. The van der Waals surface area contributed by atoms with E-state index in [1.807, 2.05) is 6.92 Å². The van der Waals surface area contributed by atoms with Crippen molar-refractivity contribution >= 4 is 17.7 Å². The van der Waals surface area contributed by atoms with Gasteiger partial charge in [0.2, 0.25) is 5.91 Å². The molecule has 1 aromatic carbocycles. The Morgan fingerprint density at radius 3 is 2.47 bits per heavy atom. The highest BCUT2D eigenvalue weighted by atomic mass is 32.2. The Morgan fingerprint density at radius 2 is 2.00 bits per heavy atom. The fraction of sp³-hybridized carbons (Fsp3) is 0.462. The number of nitrogens with two attached hydrogens (primary N) is 1. The predicted octanol–water partition coefficient (Wildman–Crippen LogP) is 1.94. The molecule has 1 rings (SSSR count). The van der Waals surface area contributed by atoms with Gasteiger partial charge >= 0.3 is 0 Å². The number of nitrogens with one attached hydrogen (secondary N) is 1. The highest BCUT2D eigenvalue weighted by molar-refractivity contribution is 7.99. The maximum atomic E-state index is 11.3. The normalized spacial score (nSPS) is 14.3. The molecule has 0 spiro atoms. The molecule has 0 radical (unpaired) electrons. The number of benzene rings is 1. The van der Waals surface area contributed by atoms with E-state index in [4.69, 9.17) is 5.73 Å². The number of amides is 1. The summed E-state index contributed by atoms with van der Waals surface area (Å²) in [7, 11) is 1.77. The molecule has 0 saturated carbocycles. The summed E-state index contributed by atoms with van der Waals surface area (Å²) >= 11 is 1.74. The maximum Gasteiger partial charge on any atom is 0.237 e. The highest BCUT2D eigenvalue weighted by Gasteiger charge is 2.28. The highest BCUT2D eigenvalue weighted by Crippen LogP contribution is 2.22. The minimum absolute atomic E-state index is 0.301. The molecule has 0 aromatic heterocycles. The van der Waals surface area contributed by atoms with E-state index in [-0.39, 0.29) is 5.91 Å². The first-order valence-electron chi connectivity index (χ1n) is 5.66. The van der Waals surface area contributed by atoms with Crippen molar-refractivity contribution < 1.29 is 4.79 Å². The van der Waals surface area contributed by atoms with Crippen molar-refractivity contribution in [3.63, 3.8) is 0 Å². The molecule has 1 aromatic rings. The SMILES string of the molecule is CNC(C)(CCSc1ccc(C)cc1)C(N)=O. The summed E-state index contributed by atoms with van der Waals surface area (Å²) in [5.74, 6) is 0.563. The molecule has 3 nitrogen and oxygen atoms in total. The first kappa shape index (κ1) is 14.1. The summed E-state index contributed by atoms with van der Waals surface area (Å²) in [5.41, 5.74) is 6.01. The second-order valence-corrected chi connectivity index (χ2v) is 5.53. The number of hydrogen-bond donors (Lipinski definition) is 2. The van der Waals surface area contributed by atoms with Gasteiger partial charge in [-0.3, -0.25) is 4.79 Å². The van der Waals surface area contributed by atoms with E-state index in [0.29, 0.717) is 0 Å². The van der Waals surface area contributed by atoms with Gasteiger partial charge in [-0.05, 0) is 39.4 Å². The van der Waals surface area contributed by atoms with Crippen LogP contribution in [0.3, 0.4) is 0 Å². The molecule has 17 heavy (non-hydrogen) atoms. The van der Waals surface area contributed by atoms with Gasteiger partial charge in [0.1, 0.15) is 0 Å². The van der Waals surface area contributed by atoms with Gasteiger partial charge in [-0.15, -0.1) is 11.8 Å². The Hall–Kier alpha value is -1.00. The number of primary amides is 1. The van der Waals surface area contributed by atoms with E-state index in [9.17, 15) is 4.79 Å². The van der Waals surface area contributed by atoms with Crippen LogP contribution in [-0.4, -0.2) is 24.2 Å². The first-order valence-corrected chi connectivity index (χ1v) is 6.65. The minimum Gasteiger partial charge on any atom is -0.368 e. The van der Waals surface area contributed by atoms with E-state index in [2.05, 4.69) is 36.5 Å². The zero-order chi connectivity index (χ0) is 12.9. The Kier molecular flexibility index (Phi) is 5.02. The van der Waals surface area contributed by atoms with E-state index in [1.165, 1.54) is 10.5 Å². The molecule has 0 heterocycles. The largest absolute Gasteiger partial charge is 0.368 e. The fourth-order valence-corrected chi connectivity index (χ4v) is 2.45. The van der Waals surface area contributed by atoms with Crippen molar-refractivity contribution in [2.75, 3.05) is 12.8 Å². The van der Waals surface area contributed by atoms with Crippen LogP contribution in [0.25, 0.3) is 0 Å². The zero-order valence-electron chi connectivity index (χ0n) is 10.6. The molecular weight excluding hydrogens is 232 g/mol. The van der Waals surface area contributed by atoms with Crippen LogP contribution >= 0.6 is 11.8 Å². The molecule has 1 amide bonds. The van der Waals surface area contributed by atoms with Gasteiger partial charge in [-0.1, -0.05) is 17.7 Å². The third-order valence-electron chi connectivity index (χ3n) is 2.99. The average molecular weight is 252 g/mol. The average Bonchev–Trinajstić information content (AvgIpc) is 2.31. The molecule has 94 valence electrons. The summed E-state index contributed by atoms with van der Waals surface area (Å²) in [5, 5.41) is 2.99. The zero-order valence-corrected chi connectivity index (χ0v) is 11.4. The van der Waals surface area contributed by atoms with Gasteiger partial charge < -0.3 is 11.1 Å². The standard InChI is InChI=1S/C13H20N2OS/c1-10-4-6-11(7-5-10)17-9-8-13(2,15-3)12(14)16/h4-7,15H,8-9H2,1-3H3,(H2,14,16). The molecule has 0 bridgehead atoms. The minimum atomic E-state index is -0.613. The molecule has 0 aliphatic heterocycles. The molecule has 1 atom stereocenters. The number of likely N-dealkylation sites (N-methyl/N-ethyl adjacent to an activating group) is 1. The second kappa shape index (κ2) is 6.07. The van der Waals surface area contributed by atoms with Crippen LogP contribution in [0.15, 0.2) is 29.2 Å². The van der Waals surface area contributed by atoms with Crippen LogP contribution < -0.4 is 11.1 Å². The van der Waals surface area contributed by atoms with E-state index in [0.717, 1.165) is 12.2 Å². The summed E-state index contributed by atoms with van der Waals surface area (Å²) in [6, 6.07) is 8.38. The number of carbonyl (C=O) groups is 1.